The highest BCUT2D eigenvalue weighted by Gasteiger charge is 2.38. The molecule has 0 aliphatic carbocycles. The van der Waals surface area contributed by atoms with E-state index in [1.165, 1.54) is 0 Å². The summed E-state index contributed by atoms with van der Waals surface area (Å²) < 4.78 is 116. The van der Waals surface area contributed by atoms with Gasteiger partial charge in [-0.15, -0.1) is 26.3 Å². The molecule has 11 heteroatoms. The summed E-state index contributed by atoms with van der Waals surface area (Å²) in [6, 6.07) is -0.252. The Kier molecular flexibility index (Phi) is 4.26. The maximum absolute atomic E-state index is 12.5. The zero-order valence-electron chi connectivity index (χ0n) is 9.58. The van der Waals surface area contributed by atoms with Gasteiger partial charge < -0.3 is 9.47 Å². The van der Waals surface area contributed by atoms with Gasteiger partial charge >= 0.3 is 18.9 Å². The van der Waals surface area contributed by atoms with Gasteiger partial charge in [-0.1, -0.05) is 0 Å². The lowest BCUT2D eigenvalue weighted by atomic mass is 10.1. The van der Waals surface area contributed by atoms with Crippen LogP contribution in [0.1, 0.15) is 11.1 Å². The summed E-state index contributed by atoms with van der Waals surface area (Å²) in [5.41, 5.74) is -2.94. The van der Waals surface area contributed by atoms with Gasteiger partial charge in [-0.25, -0.2) is 0 Å². The molecule has 119 valence electrons. The van der Waals surface area contributed by atoms with Gasteiger partial charge in [-0.2, -0.15) is 13.2 Å². The standard InChI is InChI=1S/C10H4F9O2/c1-4-6(20-9(14,15)16)2-5(8(11,12)13)3-7(4)21-10(17,18)19/h2-3H,1H2. The van der Waals surface area contributed by atoms with E-state index in [1.54, 1.807) is 0 Å². The van der Waals surface area contributed by atoms with Gasteiger partial charge in [0.15, 0.2) is 0 Å². The molecule has 0 aromatic heterocycles. The van der Waals surface area contributed by atoms with Crippen molar-refractivity contribution >= 4 is 0 Å². The van der Waals surface area contributed by atoms with E-state index in [4.69, 9.17) is 0 Å². The summed E-state index contributed by atoms with van der Waals surface area (Å²) in [6.45, 7) is 2.79. The van der Waals surface area contributed by atoms with Gasteiger partial charge in [-0.05, 0) is 19.1 Å². The van der Waals surface area contributed by atoms with E-state index in [0.29, 0.717) is 0 Å². The smallest absolute Gasteiger partial charge is 0.405 e. The van der Waals surface area contributed by atoms with Crippen LogP contribution in [0, 0.1) is 6.92 Å². The Morgan fingerprint density at radius 1 is 0.714 bits per heavy atom. The van der Waals surface area contributed by atoms with E-state index < -0.39 is 41.5 Å². The molecule has 0 amide bonds. The van der Waals surface area contributed by atoms with Crippen molar-refractivity contribution in [2.24, 2.45) is 0 Å². The molecular weight excluding hydrogens is 323 g/mol. The van der Waals surface area contributed by atoms with Crippen molar-refractivity contribution in [1.29, 1.82) is 0 Å². The lowest BCUT2D eigenvalue weighted by Crippen LogP contribution is -2.21. The molecule has 0 saturated heterocycles. The average molecular weight is 327 g/mol. The van der Waals surface area contributed by atoms with Gasteiger partial charge in [-0.3, -0.25) is 0 Å². The number of rotatable bonds is 2. The topological polar surface area (TPSA) is 18.5 Å². The Bertz CT molecular complexity index is 476. The second kappa shape index (κ2) is 5.19. The molecule has 1 aromatic rings. The molecule has 0 aliphatic heterocycles. The normalized spacial score (nSPS) is 13.2. The Labute approximate surface area is 111 Å². The molecule has 1 rings (SSSR count). The number of ether oxygens (including phenoxy) is 2. The first-order chi connectivity index (χ1) is 9.19. The number of hydrogen-bond acceptors (Lipinski definition) is 2. The van der Waals surface area contributed by atoms with Crippen molar-refractivity contribution in [3.63, 3.8) is 0 Å². The molecular formula is C10H4F9O2. The maximum atomic E-state index is 12.5. The molecule has 0 N–H and O–H groups in total. The molecule has 1 radical (unpaired) electrons. The Morgan fingerprint density at radius 3 is 1.29 bits per heavy atom. The van der Waals surface area contributed by atoms with Gasteiger partial charge in [0.05, 0.1) is 5.56 Å². The SMILES string of the molecule is [CH2]c1c(OC(F)(F)F)cc(C(F)(F)F)cc1OC(F)(F)F. The number of benzene rings is 1. The first-order valence-electron chi connectivity index (χ1n) is 4.78. The monoisotopic (exact) mass is 327 g/mol. The molecule has 0 fully saturated rings. The first kappa shape index (κ1) is 17.2. The van der Waals surface area contributed by atoms with Crippen LogP contribution in [0.25, 0.3) is 0 Å². The predicted molar refractivity (Wildman–Crippen MR) is 49.3 cm³/mol. The molecule has 0 saturated carbocycles. The highest BCUT2D eigenvalue weighted by Crippen LogP contribution is 2.41. The van der Waals surface area contributed by atoms with E-state index >= 15 is 0 Å². The molecule has 0 aliphatic rings. The van der Waals surface area contributed by atoms with Gasteiger partial charge in [0.2, 0.25) is 0 Å². The third-order valence-electron chi connectivity index (χ3n) is 1.95. The molecule has 2 nitrogen and oxygen atoms in total. The minimum absolute atomic E-state index is 0.126. The Morgan fingerprint density at radius 2 is 1.05 bits per heavy atom. The minimum Gasteiger partial charge on any atom is -0.405 e. The number of hydrogen-bond donors (Lipinski definition) is 0. The van der Waals surface area contributed by atoms with Crippen molar-refractivity contribution in [2.75, 3.05) is 0 Å². The average Bonchev–Trinajstić information content (AvgIpc) is 2.18. The van der Waals surface area contributed by atoms with Crippen LogP contribution in [0.15, 0.2) is 12.1 Å². The lowest BCUT2D eigenvalue weighted by Gasteiger charge is -2.18. The number of halogens is 9. The van der Waals surface area contributed by atoms with Crippen molar-refractivity contribution < 1.29 is 49.0 Å². The zero-order valence-corrected chi connectivity index (χ0v) is 9.58. The van der Waals surface area contributed by atoms with Crippen molar-refractivity contribution in [1.82, 2.24) is 0 Å². The third-order valence-corrected chi connectivity index (χ3v) is 1.95. The highest BCUT2D eigenvalue weighted by molar-refractivity contribution is 5.50. The second-order valence-corrected chi connectivity index (χ2v) is 3.54. The fourth-order valence-corrected chi connectivity index (χ4v) is 1.21. The van der Waals surface area contributed by atoms with Crippen LogP contribution in [-0.2, 0) is 6.18 Å². The third kappa shape index (κ3) is 5.23. The van der Waals surface area contributed by atoms with Crippen LogP contribution >= 0.6 is 0 Å². The molecule has 0 heterocycles. The first-order valence-corrected chi connectivity index (χ1v) is 4.78. The molecule has 0 unspecified atom stereocenters. The summed E-state index contributed by atoms with van der Waals surface area (Å²) >= 11 is 0. The minimum atomic E-state index is -5.41. The summed E-state index contributed by atoms with van der Waals surface area (Å²) in [4.78, 5) is 0. The fourth-order valence-electron chi connectivity index (χ4n) is 1.21. The summed E-state index contributed by atoms with van der Waals surface area (Å²) in [5, 5.41) is 0. The van der Waals surface area contributed by atoms with Gasteiger partial charge in [0.1, 0.15) is 11.5 Å². The predicted octanol–water partition coefficient (Wildman–Crippen LogP) is 4.68. The number of alkyl halides is 9. The van der Waals surface area contributed by atoms with E-state index in [9.17, 15) is 39.5 Å². The highest BCUT2D eigenvalue weighted by atomic mass is 19.4. The molecule has 0 atom stereocenters. The van der Waals surface area contributed by atoms with E-state index in [1.807, 2.05) is 0 Å². The molecule has 0 spiro atoms. The maximum Gasteiger partial charge on any atom is 0.573 e. The van der Waals surface area contributed by atoms with Crippen LogP contribution in [0.3, 0.4) is 0 Å². The van der Waals surface area contributed by atoms with Crippen molar-refractivity contribution in [3.05, 3.63) is 30.2 Å². The summed E-state index contributed by atoms with van der Waals surface area (Å²) in [5.74, 6) is -3.09. The largest absolute Gasteiger partial charge is 0.573 e. The Balaban J connectivity index is 3.39. The lowest BCUT2D eigenvalue weighted by molar-refractivity contribution is -0.277. The van der Waals surface area contributed by atoms with Crippen LogP contribution < -0.4 is 9.47 Å². The van der Waals surface area contributed by atoms with E-state index in [0.717, 1.165) is 0 Å². The van der Waals surface area contributed by atoms with Crippen LogP contribution in [0.5, 0.6) is 11.5 Å². The van der Waals surface area contributed by atoms with Gasteiger partial charge in [0.25, 0.3) is 0 Å². The van der Waals surface area contributed by atoms with Crippen LogP contribution in [0.4, 0.5) is 39.5 Å². The van der Waals surface area contributed by atoms with Crippen molar-refractivity contribution in [3.8, 4) is 11.5 Å². The van der Waals surface area contributed by atoms with E-state index in [2.05, 4.69) is 16.4 Å². The summed E-state index contributed by atoms with van der Waals surface area (Å²) in [6.07, 6.45) is -16.0. The van der Waals surface area contributed by atoms with Crippen LogP contribution in [-0.4, -0.2) is 12.7 Å². The Hall–Kier alpha value is -1.81. The second-order valence-electron chi connectivity index (χ2n) is 3.54. The molecule has 0 bridgehead atoms. The van der Waals surface area contributed by atoms with Crippen molar-refractivity contribution in [2.45, 2.75) is 18.9 Å². The summed E-state index contributed by atoms with van der Waals surface area (Å²) in [7, 11) is 0. The zero-order chi connectivity index (χ0) is 16.6. The molecule has 21 heavy (non-hydrogen) atoms. The van der Waals surface area contributed by atoms with Crippen LogP contribution in [0.2, 0.25) is 0 Å². The van der Waals surface area contributed by atoms with Gasteiger partial charge in [0, 0.05) is 5.56 Å². The molecule has 1 aromatic carbocycles. The van der Waals surface area contributed by atoms with E-state index in [-0.39, 0.29) is 12.1 Å². The quantitative estimate of drug-likeness (QED) is 0.734. The fraction of sp³-hybridized carbons (Fsp3) is 0.300.